The molecule has 1 amide bonds. The van der Waals surface area contributed by atoms with E-state index in [1.54, 1.807) is 36.4 Å². The average molecular weight is 463 g/mol. The second-order valence-electron chi connectivity index (χ2n) is 6.61. The van der Waals surface area contributed by atoms with Crippen molar-refractivity contribution in [2.24, 2.45) is 0 Å². The van der Waals surface area contributed by atoms with Gasteiger partial charge < -0.3 is 10.1 Å². The van der Waals surface area contributed by atoms with Crippen LogP contribution in [-0.2, 0) is 16.4 Å². The van der Waals surface area contributed by atoms with Gasteiger partial charge in [-0.3, -0.25) is 9.52 Å². The van der Waals surface area contributed by atoms with Gasteiger partial charge >= 0.3 is 0 Å². The second-order valence-corrected chi connectivity index (χ2v) is 8.67. The molecule has 3 aromatic rings. The van der Waals surface area contributed by atoms with Gasteiger partial charge in [0.2, 0.25) is 0 Å². The molecule has 0 spiro atoms. The summed E-state index contributed by atoms with van der Waals surface area (Å²) in [5, 5.41) is 2.71. The molecular formula is C22H20ClFN2O4S. The molecule has 0 atom stereocenters. The number of hydrogen-bond acceptors (Lipinski definition) is 4. The lowest BCUT2D eigenvalue weighted by atomic mass is 10.1. The Balaban J connectivity index is 1.70. The summed E-state index contributed by atoms with van der Waals surface area (Å²) in [6.45, 7) is 0.305. The normalized spacial score (nSPS) is 11.1. The third-order valence-corrected chi connectivity index (χ3v) is 6.30. The van der Waals surface area contributed by atoms with Crippen LogP contribution >= 0.6 is 11.6 Å². The highest BCUT2D eigenvalue weighted by Crippen LogP contribution is 2.26. The number of amides is 1. The Labute approximate surface area is 185 Å². The molecule has 162 valence electrons. The first-order valence-corrected chi connectivity index (χ1v) is 11.1. The van der Waals surface area contributed by atoms with Crippen LogP contribution in [0.2, 0.25) is 5.02 Å². The Morgan fingerprint density at radius 2 is 1.71 bits per heavy atom. The summed E-state index contributed by atoms with van der Waals surface area (Å²) in [6, 6.07) is 16.3. The van der Waals surface area contributed by atoms with E-state index >= 15 is 0 Å². The Bertz CT molecular complexity index is 1170. The topological polar surface area (TPSA) is 84.5 Å². The standard InChI is InChI=1S/C22H20ClFN2O4S/c1-30-19-9-7-18(8-10-19)26-31(28,29)21-14-16(4-11-20(21)23)22(27)25-13-12-15-2-5-17(24)6-3-15/h2-11,14,26H,12-13H2,1H3,(H,25,27). The summed E-state index contributed by atoms with van der Waals surface area (Å²) in [5.74, 6) is -0.189. The number of benzene rings is 3. The van der Waals surface area contributed by atoms with Crippen molar-refractivity contribution >= 4 is 33.2 Å². The van der Waals surface area contributed by atoms with E-state index in [2.05, 4.69) is 10.0 Å². The fourth-order valence-corrected chi connectivity index (χ4v) is 4.38. The molecule has 9 heteroatoms. The molecule has 0 bridgehead atoms. The summed E-state index contributed by atoms with van der Waals surface area (Å²) < 4.78 is 46.0. The minimum absolute atomic E-state index is 0.0103. The summed E-state index contributed by atoms with van der Waals surface area (Å²) in [4.78, 5) is 12.3. The van der Waals surface area contributed by atoms with Crippen LogP contribution in [0, 0.1) is 5.82 Å². The van der Waals surface area contributed by atoms with Crippen LogP contribution in [0.1, 0.15) is 15.9 Å². The molecule has 3 rings (SSSR count). The quantitative estimate of drug-likeness (QED) is 0.524. The molecule has 0 aliphatic rings. The number of sulfonamides is 1. The van der Waals surface area contributed by atoms with Crippen LogP contribution in [0.25, 0.3) is 0 Å². The summed E-state index contributed by atoms with van der Waals surface area (Å²) in [7, 11) is -2.52. The molecule has 0 saturated carbocycles. The predicted octanol–water partition coefficient (Wildman–Crippen LogP) is 4.26. The van der Waals surface area contributed by atoms with Gasteiger partial charge in [-0.2, -0.15) is 0 Å². The van der Waals surface area contributed by atoms with E-state index in [0.29, 0.717) is 24.4 Å². The molecule has 0 aliphatic carbocycles. The van der Waals surface area contributed by atoms with Gasteiger partial charge in [-0.15, -0.1) is 0 Å². The fourth-order valence-electron chi connectivity index (χ4n) is 2.79. The van der Waals surface area contributed by atoms with Gasteiger partial charge in [-0.1, -0.05) is 23.7 Å². The molecule has 0 heterocycles. The highest BCUT2D eigenvalue weighted by Gasteiger charge is 2.20. The number of rotatable bonds is 8. The third kappa shape index (κ3) is 5.96. The van der Waals surface area contributed by atoms with E-state index < -0.39 is 15.9 Å². The number of halogens is 2. The van der Waals surface area contributed by atoms with Crippen LogP contribution < -0.4 is 14.8 Å². The lowest BCUT2D eigenvalue weighted by Crippen LogP contribution is -2.26. The predicted molar refractivity (Wildman–Crippen MR) is 118 cm³/mol. The zero-order valence-electron chi connectivity index (χ0n) is 16.6. The van der Waals surface area contributed by atoms with Gasteiger partial charge in [0.05, 0.1) is 12.1 Å². The van der Waals surface area contributed by atoms with Crippen molar-refractivity contribution in [3.63, 3.8) is 0 Å². The monoisotopic (exact) mass is 462 g/mol. The van der Waals surface area contributed by atoms with Crippen molar-refractivity contribution in [1.29, 1.82) is 0 Å². The van der Waals surface area contributed by atoms with Gasteiger partial charge in [0.1, 0.15) is 16.5 Å². The highest BCUT2D eigenvalue weighted by molar-refractivity contribution is 7.92. The van der Waals surface area contributed by atoms with Crippen molar-refractivity contribution in [3.05, 3.63) is 88.7 Å². The van der Waals surface area contributed by atoms with Crippen molar-refractivity contribution in [2.45, 2.75) is 11.3 Å². The van der Waals surface area contributed by atoms with Crippen molar-refractivity contribution in [1.82, 2.24) is 5.32 Å². The van der Waals surface area contributed by atoms with E-state index in [-0.39, 0.29) is 21.3 Å². The van der Waals surface area contributed by atoms with Gasteiger partial charge in [-0.25, -0.2) is 12.8 Å². The first-order valence-electron chi connectivity index (χ1n) is 9.27. The van der Waals surface area contributed by atoms with E-state index in [9.17, 15) is 17.6 Å². The fraction of sp³-hybridized carbons (Fsp3) is 0.136. The average Bonchev–Trinajstić information content (AvgIpc) is 2.75. The molecule has 0 aliphatic heterocycles. The number of carbonyl (C=O) groups is 1. The third-order valence-electron chi connectivity index (χ3n) is 4.44. The van der Waals surface area contributed by atoms with Crippen LogP contribution in [0.4, 0.5) is 10.1 Å². The van der Waals surface area contributed by atoms with E-state index in [4.69, 9.17) is 16.3 Å². The summed E-state index contributed by atoms with van der Waals surface area (Å²) in [5.41, 5.74) is 1.34. The molecule has 0 saturated heterocycles. The number of methoxy groups -OCH3 is 1. The van der Waals surface area contributed by atoms with Gasteiger partial charge in [0, 0.05) is 17.8 Å². The molecular weight excluding hydrogens is 443 g/mol. The first-order chi connectivity index (χ1) is 14.8. The van der Waals surface area contributed by atoms with Crippen LogP contribution in [-0.4, -0.2) is 28.0 Å². The molecule has 3 aromatic carbocycles. The largest absolute Gasteiger partial charge is 0.497 e. The second kappa shape index (κ2) is 9.80. The van der Waals surface area contributed by atoms with Crippen LogP contribution in [0.5, 0.6) is 5.75 Å². The Morgan fingerprint density at radius 1 is 1.03 bits per heavy atom. The number of hydrogen-bond donors (Lipinski definition) is 2. The Morgan fingerprint density at radius 3 is 2.35 bits per heavy atom. The van der Waals surface area contributed by atoms with Crippen LogP contribution in [0.15, 0.2) is 71.6 Å². The molecule has 0 radical (unpaired) electrons. The molecule has 2 N–H and O–H groups in total. The Hall–Kier alpha value is -3.10. The van der Waals surface area contributed by atoms with Crippen molar-refractivity contribution in [3.8, 4) is 5.75 Å². The summed E-state index contributed by atoms with van der Waals surface area (Å²) >= 11 is 6.09. The number of anilines is 1. The maximum atomic E-state index is 13.0. The smallest absolute Gasteiger partial charge is 0.263 e. The van der Waals surface area contributed by atoms with E-state index in [1.165, 1.54) is 37.4 Å². The Kier molecular flexibility index (Phi) is 7.14. The lowest BCUT2D eigenvalue weighted by Gasteiger charge is -2.12. The number of ether oxygens (including phenoxy) is 1. The van der Waals surface area contributed by atoms with Gasteiger partial charge in [-0.05, 0) is 66.6 Å². The van der Waals surface area contributed by atoms with E-state index in [1.807, 2.05) is 0 Å². The molecule has 0 fully saturated rings. The molecule has 0 aromatic heterocycles. The maximum Gasteiger partial charge on any atom is 0.263 e. The molecule has 31 heavy (non-hydrogen) atoms. The minimum Gasteiger partial charge on any atom is -0.497 e. The SMILES string of the molecule is COc1ccc(NS(=O)(=O)c2cc(C(=O)NCCc3ccc(F)cc3)ccc2Cl)cc1. The van der Waals surface area contributed by atoms with Crippen molar-refractivity contribution in [2.75, 3.05) is 18.4 Å². The summed E-state index contributed by atoms with van der Waals surface area (Å²) in [6.07, 6.45) is 0.504. The number of nitrogens with one attached hydrogen (secondary N) is 2. The van der Waals surface area contributed by atoms with Gasteiger partial charge in [0.15, 0.2) is 0 Å². The zero-order chi connectivity index (χ0) is 22.4. The molecule has 0 unspecified atom stereocenters. The van der Waals surface area contributed by atoms with Gasteiger partial charge in [0.25, 0.3) is 15.9 Å². The lowest BCUT2D eigenvalue weighted by molar-refractivity contribution is 0.0954. The minimum atomic E-state index is -4.03. The first kappa shape index (κ1) is 22.6. The van der Waals surface area contributed by atoms with Crippen LogP contribution in [0.3, 0.4) is 0 Å². The molecule has 6 nitrogen and oxygen atoms in total. The zero-order valence-corrected chi connectivity index (χ0v) is 18.1. The van der Waals surface area contributed by atoms with E-state index in [0.717, 1.165) is 5.56 Å². The number of carbonyl (C=O) groups excluding carboxylic acids is 1. The van der Waals surface area contributed by atoms with Crippen molar-refractivity contribution < 1.29 is 22.3 Å². The maximum absolute atomic E-state index is 13.0. The highest BCUT2D eigenvalue weighted by atomic mass is 35.5.